The molecule has 1 aromatic carbocycles. The summed E-state index contributed by atoms with van der Waals surface area (Å²) in [7, 11) is 0. The Balaban J connectivity index is 1.75. The number of rotatable bonds is 5. The van der Waals surface area contributed by atoms with Crippen LogP contribution in [-0.2, 0) is 6.42 Å². The molecule has 0 saturated carbocycles. The summed E-state index contributed by atoms with van der Waals surface area (Å²) >= 11 is 4.21. The molecule has 0 nitrogen and oxygen atoms in total. The van der Waals surface area contributed by atoms with E-state index < -0.39 is 0 Å². The van der Waals surface area contributed by atoms with E-state index in [1.54, 1.807) is 5.56 Å². The molecular weight excluding hydrogens is 232 g/mol. The molecule has 2 rings (SSSR count). The quantitative estimate of drug-likeness (QED) is 0.757. The lowest BCUT2D eigenvalue weighted by atomic mass is 10.1. The van der Waals surface area contributed by atoms with E-state index in [0.29, 0.717) is 0 Å². The monoisotopic (exact) mass is 252 g/mol. The maximum absolute atomic E-state index is 2.35. The van der Waals surface area contributed by atoms with Crippen molar-refractivity contribution in [3.05, 3.63) is 29.8 Å². The highest BCUT2D eigenvalue weighted by atomic mass is 32.2. The minimum Gasteiger partial charge on any atom is -0.161 e. The molecule has 2 atom stereocenters. The summed E-state index contributed by atoms with van der Waals surface area (Å²) in [5.41, 5.74) is 1.56. The first kappa shape index (κ1) is 12.4. The molecule has 1 aromatic rings. The molecule has 0 fully saturated rings. The third kappa shape index (κ3) is 3.21. The van der Waals surface area contributed by atoms with E-state index in [4.69, 9.17) is 0 Å². The Kier molecular flexibility index (Phi) is 4.66. The highest BCUT2D eigenvalue weighted by Gasteiger charge is 2.21. The zero-order valence-corrected chi connectivity index (χ0v) is 11.7. The third-order valence-electron chi connectivity index (χ3n) is 3.12. The SMILES string of the molecule is CCC(C)CSCC1Cc2ccccc2S1. The normalized spacial score (nSPS) is 20.8. The van der Waals surface area contributed by atoms with E-state index in [2.05, 4.69) is 61.6 Å². The summed E-state index contributed by atoms with van der Waals surface area (Å²) < 4.78 is 0. The van der Waals surface area contributed by atoms with Gasteiger partial charge < -0.3 is 0 Å². The summed E-state index contributed by atoms with van der Waals surface area (Å²) in [6.45, 7) is 4.63. The van der Waals surface area contributed by atoms with Crippen LogP contribution in [0.5, 0.6) is 0 Å². The predicted octanol–water partition coefficient (Wildman–Crippen LogP) is 4.48. The molecule has 2 unspecified atom stereocenters. The van der Waals surface area contributed by atoms with Gasteiger partial charge in [-0.2, -0.15) is 11.8 Å². The number of benzene rings is 1. The van der Waals surface area contributed by atoms with Gasteiger partial charge in [0.1, 0.15) is 0 Å². The van der Waals surface area contributed by atoms with E-state index in [1.165, 1.54) is 29.2 Å². The van der Waals surface area contributed by atoms with Crippen LogP contribution in [0.25, 0.3) is 0 Å². The van der Waals surface area contributed by atoms with Crippen LogP contribution in [-0.4, -0.2) is 16.8 Å². The van der Waals surface area contributed by atoms with Gasteiger partial charge in [-0.3, -0.25) is 0 Å². The molecule has 16 heavy (non-hydrogen) atoms. The highest BCUT2D eigenvalue weighted by Crippen LogP contribution is 2.38. The summed E-state index contributed by atoms with van der Waals surface area (Å²) in [4.78, 5) is 1.51. The van der Waals surface area contributed by atoms with Crippen LogP contribution in [0.2, 0.25) is 0 Å². The lowest BCUT2D eigenvalue weighted by molar-refractivity contribution is 0.636. The van der Waals surface area contributed by atoms with Gasteiger partial charge in [0.2, 0.25) is 0 Å². The topological polar surface area (TPSA) is 0 Å². The van der Waals surface area contributed by atoms with Crippen LogP contribution in [0.15, 0.2) is 29.2 Å². The van der Waals surface area contributed by atoms with Gasteiger partial charge in [-0.05, 0) is 29.7 Å². The van der Waals surface area contributed by atoms with Crippen molar-refractivity contribution in [2.24, 2.45) is 5.92 Å². The first-order chi connectivity index (χ1) is 7.79. The first-order valence-corrected chi connectivity index (χ1v) is 8.15. The molecule has 0 saturated heterocycles. The Hall–Kier alpha value is -0.0800. The van der Waals surface area contributed by atoms with Crippen LogP contribution >= 0.6 is 23.5 Å². The zero-order chi connectivity index (χ0) is 11.4. The summed E-state index contributed by atoms with van der Waals surface area (Å²) in [6, 6.07) is 8.86. The van der Waals surface area contributed by atoms with Crippen molar-refractivity contribution in [1.29, 1.82) is 0 Å². The Bertz CT molecular complexity index is 310. The van der Waals surface area contributed by atoms with Crippen LogP contribution in [0.4, 0.5) is 0 Å². The van der Waals surface area contributed by atoms with Crippen LogP contribution in [0.1, 0.15) is 25.8 Å². The molecule has 0 spiro atoms. The van der Waals surface area contributed by atoms with Gasteiger partial charge >= 0.3 is 0 Å². The van der Waals surface area contributed by atoms with Gasteiger partial charge in [0.15, 0.2) is 0 Å². The van der Waals surface area contributed by atoms with Crippen molar-refractivity contribution < 1.29 is 0 Å². The molecular formula is C14H20S2. The van der Waals surface area contributed by atoms with Gasteiger partial charge in [-0.15, -0.1) is 11.8 Å². The molecule has 2 heteroatoms. The van der Waals surface area contributed by atoms with Gasteiger partial charge in [-0.1, -0.05) is 38.5 Å². The van der Waals surface area contributed by atoms with Gasteiger partial charge in [0.25, 0.3) is 0 Å². The Morgan fingerprint density at radius 2 is 2.25 bits per heavy atom. The lowest BCUT2D eigenvalue weighted by Gasteiger charge is -2.11. The molecule has 1 aliphatic rings. The second kappa shape index (κ2) is 6.02. The van der Waals surface area contributed by atoms with Gasteiger partial charge in [0, 0.05) is 15.9 Å². The minimum absolute atomic E-state index is 0.812. The van der Waals surface area contributed by atoms with Gasteiger partial charge in [0.05, 0.1) is 0 Å². The third-order valence-corrected chi connectivity index (χ3v) is 6.09. The molecule has 88 valence electrons. The number of thioether (sulfide) groups is 2. The fourth-order valence-corrected chi connectivity index (χ4v) is 4.66. The van der Waals surface area contributed by atoms with Crippen LogP contribution in [0, 0.1) is 5.92 Å². The highest BCUT2D eigenvalue weighted by molar-refractivity contribution is 8.03. The van der Waals surface area contributed by atoms with E-state index in [0.717, 1.165) is 11.2 Å². The van der Waals surface area contributed by atoms with Crippen LogP contribution < -0.4 is 0 Å². The fraction of sp³-hybridized carbons (Fsp3) is 0.571. The molecule has 0 amide bonds. The maximum Gasteiger partial charge on any atom is 0.0226 e. The van der Waals surface area contributed by atoms with Crippen molar-refractivity contribution >= 4 is 23.5 Å². The molecule has 0 aliphatic carbocycles. The molecule has 0 radical (unpaired) electrons. The molecule has 0 bridgehead atoms. The Labute approximate surface area is 108 Å². The molecule has 1 aliphatic heterocycles. The van der Waals surface area contributed by atoms with Crippen molar-refractivity contribution in [2.45, 2.75) is 36.8 Å². The van der Waals surface area contributed by atoms with E-state index >= 15 is 0 Å². The van der Waals surface area contributed by atoms with Crippen molar-refractivity contribution in [2.75, 3.05) is 11.5 Å². The average molecular weight is 252 g/mol. The minimum atomic E-state index is 0.812. The lowest BCUT2D eigenvalue weighted by Crippen LogP contribution is -2.06. The predicted molar refractivity (Wildman–Crippen MR) is 76.6 cm³/mol. The fourth-order valence-electron chi connectivity index (χ4n) is 1.87. The molecule has 0 aromatic heterocycles. The van der Waals surface area contributed by atoms with Gasteiger partial charge in [-0.25, -0.2) is 0 Å². The standard InChI is InChI=1S/C14H20S2/c1-3-11(2)9-15-10-13-8-12-6-4-5-7-14(12)16-13/h4-7,11,13H,3,8-10H2,1-2H3. The smallest absolute Gasteiger partial charge is 0.0226 e. The second-order valence-corrected chi connectivity index (χ2v) is 7.02. The zero-order valence-electron chi connectivity index (χ0n) is 10.1. The first-order valence-electron chi connectivity index (χ1n) is 6.12. The van der Waals surface area contributed by atoms with E-state index in [9.17, 15) is 0 Å². The van der Waals surface area contributed by atoms with Crippen molar-refractivity contribution in [3.63, 3.8) is 0 Å². The summed E-state index contributed by atoms with van der Waals surface area (Å²) in [5, 5.41) is 0.812. The Morgan fingerprint density at radius 1 is 1.44 bits per heavy atom. The largest absolute Gasteiger partial charge is 0.161 e. The summed E-state index contributed by atoms with van der Waals surface area (Å²) in [6.07, 6.45) is 2.58. The maximum atomic E-state index is 2.35. The van der Waals surface area contributed by atoms with E-state index in [1.807, 2.05) is 0 Å². The average Bonchev–Trinajstić information content (AvgIpc) is 2.71. The van der Waals surface area contributed by atoms with Crippen molar-refractivity contribution in [1.82, 2.24) is 0 Å². The van der Waals surface area contributed by atoms with Crippen molar-refractivity contribution in [3.8, 4) is 0 Å². The van der Waals surface area contributed by atoms with E-state index in [-0.39, 0.29) is 0 Å². The molecule has 0 N–H and O–H groups in total. The molecule has 1 heterocycles. The summed E-state index contributed by atoms with van der Waals surface area (Å²) in [5.74, 6) is 3.51. The number of hydrogen-bond donors (Lipinski definition) is 0. The second-order valence-electron chi connectivity index (χ2n) is 4.60. The number of hydrogen-bond acceptors (Lipinski definition) is 2. The van der Waals surface area contributed by atoms with Crippen LogP contribution in [0.3, 0.4) is 0 Å². The number of fused-ring (bicyclic) bond motifs is 1. The Morgan fingerprint density at radius 3 is 3.00 bits per heavy atom.